The highest BCUT2D eigenvalue weighted by Gasteiger charge is 2.22. The molecule has 4 nitrogen and oxygen atoms in total. The van der Waals surface area contributed by atoms with E-state index in [4.69, 9.17) is 27.9 Å². The quantitative estimate of drug-likeness (QED) is 0.486. The Morgan fingerprint density at radius 3 is 2.86 bits per heavy atom. The van der Waals surface area contributed by atoms with Crippen molar-refractivity contribution >= 4 is 46.5 Å². The lowest BCUT2D eigenvalue weighted by atomic mass is 10.0. The van der Waals surface area contributed by atoms with Gasteiger partial charge < -0.3 is 14.8 Å². The average Bonchev–Trinajstić information content (AvgIpc) is 2.66. The van der Waals surface area contributed by atoms with Gasteiger partial charge in [0.2, 0.25) is 0 Å². The summed E-state index contributed by atoms with van der Waals surface area (Å²) in [5.41, 5.74) is 2.53. The van der Waals surface area contributed by atoms with Gasteiger partial charge in [-0.3, -0.25) is 4.79 Å². The summed E-state index contributed by atoms with van der Waals surface area (Å²) in [6.45, 7) is 2.35. The van der Waals surface area contributed by atoms with Crippen molar-refractivity contribution < 1.29 is 18.7 Å². The number of methoxy groups -OCH3 is 1. The lowest BCUT2D eigenvalue weighted by Crippen LogP contribution is -2.31. The molecular formula is C21H20Cl2FNO3. The summed E-state index contributed by atoms with van der Waals surface area (Å²) in [7, 11) is 1.36. The number of esters is 1. The van der Waals surface area contributed by atoms with E-state index in [1.807, 2.05) is 6.07 Å². The van der Waals surface area contributed by atoms with Crippen molar-refractivity contribution in [1.29, 1.82) is 0 Å². The number of anilines is 1. The van der Waals surface area contributed by atoms with E-state index in [0.717, 1.165) is 11.3 Å². The van der Waals surface area contributed by atoms with Gasteiger partial charge in [0.15, 0.2) is 0 Å². The van der Waals surface area contributed by atoms with Gasteiger partial charge in [-0.2, -0.15) is 0 Å². The zero-order valence-corrected chi connectivity index (χ0v) is 17.0. The van der Waals surface area contributed by atoms with Crippen LogP contribution in [0.25, 0.3) is 11.6 Å². The predicted octanol–water partition coefficient (Wildman–Crippen LogP) is 5.82. The van der Waals surface area contributed by atoms with Crippen LogP contribution in [-0.2, 0) is 9.53 Å². The summed E-state index contributed by atoms with van der Waals surface area (Å²) in [5, 5.41) is 4.11. The summed E-state index contributed by atoms with van der Waals surface area (Å²) in [4.78, 5) is 11.3. The van der Waals surface area contributed by atoms with Gasteiger partial charge in [0.05, 0.1) is 29.4 Å². The van der Waals surface area contributed by atoms with Crippen LogP contribution < -0.4 is 10.1 Å². The molecule has 0 aromatic heterocycles. The van der Waals surface area contributed by atoms with Gasteiger partial charge in [0, 0.05) is 18.1 Å². The fraction of sp³-hybridized carbons (Fsp3) is 0.286. The van der Waals surface area contributed by atoms with Crippen LogP contribution >= 0.6 is 23.2 Å². The zero-order chi connectivity index (χ0) is 20.3. The fourth-order valence-electron chi connectivity index (χ4n) is 3.08. The number of hydrogen-bond donors (Lipinski definition) is 1. The first kappa shape index (κ1) is 20.5. The van der Waals surface area contributed by atoms with E-state index in [-0.39, 0.29) is 24.3 Å². The van der Waals surface area contributed by atoms with Crippen LogP contribution in [0.5, 0.6) is 5.75 Å². The highest BCUT2D eigenvalue weighted by atomic mass is 35.5. The minimum atomic E-state index is -0.384. The van der Waals surface area contributed by atoms with Crippen LogP contribution in [0.3, 0.4) is 0 Å². The molecule has 0 radical (unpaired) electrons. The molecule has 0 bridgehead atoms. The third kappa shape index (κ3) is 4.59. The van der Waals surface area contributed by atoms with Crippen molar-refractivity contribution in [2.24, 2.45) is 0 Å². The number of ether oxygens (including phenoxy) is 2. The molecule has 1 aliphatic rings. The number of fused-ring (bicyclic) bond motifs is 1. The van der Waals surface area contributed by atoms with E-state index in [1.165, 1.54) is 13.2 Å². The molecule has 28 heavy (non-hydrogen) atoms. The third-order valence-corrected chi connectivity index (χ3v) is 5.18. The van der Waals surface area contributed by atoms with Gasteiger partial charge in [-0.25, -0.2) is 4.39 Å². The zero-order valence-electron chi connectivity index (χ0n) is 15.5. The standard InChI is InChI=1S/C21H20Cl2FNO3/c1-12(21-15(22)4-3-5-17(21)24)8-13-9-18-19(10-16(13)23)28-14(11-25-18)6-7-20(26)27-2/h3-5,8-10,14,25H,6-7,11H2,1-2H3. The second-order valence-corrected chi connectivity index (χ2v) is 7.34. The molecule has 1 unspecified atom stereocenters. The Labute approximate surface area is 173 Å². The molecule has 1 heterocycles. The van der Waals surface area contributed by atoms with Crippen molar-refractivity contribution in [3.05, 3.63) is 57.3 Å². The molecule has 148 valence electrons. The van der Waals surface area contributed by atoms with Gasteiger partial charge in [0.1, 0.15) is 17.7 Å². The Balaban J connectivity index is 1.82. The van der Waals surface area contributed by atoms with Crippen molar-refractivity contribution in [3.8, 4) is 5.75 Å². The summed E-state index contributed by atoms with van der Waals surface area (Å²) in [6, 6.07) is 8.16. The Hall–Kier alpha value is -2.24. The summed E-state index contributed by atoms with van der Waals surface area (Å²) < 4.78 is 24.7. The molecule has 0 aliphatic carbocycles. The van der Waals surface area contributed by atoms with Crippen LogP contribution in [0.1, 0.15) is 30.9 Å². The van der Waals surface area contributed by atoms with Gasteiger partial charge in [-0.15, -0.1) is 0 Å². The molecule has 0 saturated carbocycles. The van der Waals surface area contributed by atoms with E-state index in [2.05, 4.69) is 10.1 Å². The number of halogens is 3. The number of allylic oxidation sites excluding steroid dienone is 1. The molecule has 1 aliphatic heterocycles. The number of carbonyl (C=O) groups is 1. The van der Waals surface area contributed by atoms with E-state index in [1.54, 1.807) is 31.2 Å². The van der Waals surface area contributed by atoms with Crippen LogP contribution in [0.2, 0.25) is 10.0 Å². The number of hydrogen-bond acceptors (Lipinski definition) is 4. The fourth-order valence-corrected chi connectivity index (χ4v) is 3.61. The topological polar surface area (TPSA) is 47.6 Å². The van der Waals surface area contributed by atoms with Crippen LogP contribution in [0.15, 0.2) is 30.3 Å². The van der Waals surface area contributed by atoms with Crippen molar-refractivity contribution in [1.82, 2.24) is 0 Å². The molecule has 1 atom stereocenters. The molecule has 1 N–H and O–H groups in total. The number of carbonyl (C=O) groups excluding carboxylic acids is 1. The van der Waals surface area contributed by atoms with E-state index < -0.39 is 0 Å². The Morgan fingerprint density at radius 1 is 1.36 bits per heavy atom. The van der Waals surface area contributed by atoms with Gasteiger partial charge in [0.25, 0.3) is 0 Å². The van der Waals surface area contributed by atoms with E-state index >= 15 is 0 Å². The summed E-state index contributed by atoms with van der Waals surface area (Å²) in [5.74, 6) is -0.0368. The second-order valence-electron chi connectivity index (χ2n) is 6.53. The maximum absolute atomic E-state index is 14.2. The SMILES string of the molecule is COC(=O)CCC1CNc2cc(C=C(C)c3c(F)cccc3Cl)c(Cl)cc2O1. The Morgan fingerprint density at radius 2 is 2.14 bits per heavy atom. The minimum absolute atomic E-state index is 0.150. The molecule has 0 fully saturated rings. The first-order chi connectivity index (χ1) is 13.4. The maximum Gasteiger partial charge on any atom is 0.305 e. The Bertz CT molecular complexity index is 910. The van der Waals surface area contributed by atoms with Crippen LogP contribution in [0.4, 0.5) is 10.1 Å². The van der Waals surface area contributed by atoms with Gasteiger partial charge in [-0.1, -0.05) is 29.3 Å². The molecule has 2 aromatic rings. The van der Waals surface area contributed by atoms with Crippen LogP contribution in [0, 0.1) is 5.82 Å². The van der Waals surface area contributed by atoms with E-state index in [9.17, 15) is 9.18 Å². The molecule has 3 rings (SSSR count). The smallest absolute Gasteiger partial charge is 0.305 e. The minimum Gasteiger partial charge on any atom is -0.486 e. The first-order valence-corrected chi connectivity index (χ1v) is 9.58. The first-order valence-electron chi connectivity index (χ1n) is 8.82. The normalized spacial score (nSPS) is 16.0. The van der Waals surface area contributed by atoms with E-state index in [0.29, 0.717) is 39.9 Å². The van der Waals surface area contributed by atoms with Crippen LogP contribution in [-0.4, -0.2) is 25.7 Å². The predicted molar refractivity (Wildman–Crippen MR) is 111 cm³/mol. The average molecular weight is 424 g/mol. The summed E-state index contributed by atoms with van der Waals surface area (Å²) >= 11 is 12.6. The Kier molecular flexibility index (Phi) is 6.47. The highest BCUT2D eigenvalue weighted by molar-refractivity contribution is 6.33. The van der Waals surface area contributed by atoms with Gasteiger partial charge in [-0.05, 0) is 48.8 Å². The summed E-state index contributed by atoms with van der Waals surface area (Å²) in [6.07, 6.45) is 2.47. The monoisotopic (exact) mass is 423 g/mol. The molecule has 2 aromatic carbocycles. The molecular weight excluding hydrogens is 404 g/mol. The molecule has 7 heteroatoms. The largest absolute Gasteiger partial charge is 0.486 e. The number of benzene rings is 2. The van der Waals surface area contributed by atoms with Gasteiger partial charge >= 0.3 is 5.97 Å². The van der Waals surface area contributed by atoms with Crippen molar-refractivity contribution in [3.63, 3.8) is 0 Å². The third-order valence-electron chi connectivity index (χ3n) is 4.54. The highest BCUT2D eigenvalue weighted by Crippen LogP contribution is 2.37. The lowest BCUT2D eigenvalue weighted by Gasteiger charge is -2.28. The van der Waals surface area contributed by atoms with Crippen molar-refractivity contribution in [2.45, 2.75) is 25.9 Å². The molecule has 0 saturated heterocycles. The van der Waals surface area contributed by atoms with Crippen molar-refractivity contribution in [2.75, 3.05) is 19.0 Å². The second kappa shape index (κ2) is 8.84. The number of rotatable bonds is 5. The molecule has 0 spiro atoms. The lowest BCUT2D eigenvalue weighted by molar-refractivity contribution is -0.141. The number of nitrogens with one attached hydrogen (secondary N) is 1. The maximum atomic E-state index is 14.2. The molecule has 0 amide bonds.